The van der Waals surface area contributed by atoms with Crippen LogP contribution in [0, 0.1) is 5.82 Å². The molecule has 2 rings (SSSR count). The molecule has 0 aliphatic carbocycles. The third-order valence-electron chi connectivity index (χ3n) is 2.37. The van der Waals surface area contributed by atoms with Gasteiger partial charge in [0.15, 0.2) is 0 Å². The summed E-state index contributed by atoms with van der Waals surface area (Å²) in [7, 11) is 1.22. The second-order valence-corrected chi connectivity index (χ2v) is 4.99. The summed E-state index contributed by atoms with van der Waals surface area (Å²) in [6.45, 7) is 0. The van der Waals surface area contributed by atoms with Crippen LogP contribution in [0.4, 0.5) is 18.9 Å². The molecule has 15 heavy (non-hydrogen) atoms. The Kier molecular flexibility index (Phi) is 3.34. The van der Waals surface area contributed by atoms with Crippen molar-refractivity contribution in [1.82, 2.24) is 0 Å². The van der Waals surface area contributed by atoms with Gasteiger partial charge in [-0.2, -0.15) is 0 Å². The first-order valence-corrected chi connectivity index (χ1v) is 7.59. The van der Waals surface area contributed by atoms with Gasteiger partial charge in [0.25, 0.3) is 6.43 Å². The van der Waals surface area contributed by atoms with Crippen LogP contribution in [0.1, 0.15) is 5.56 Å². The highest BCUT2D eigenvalue weighted by Gasteiger charge is 2.35. The van der Waals surface area contributed by atoms with E-state index in [-0.39, 0.29) is 12.2 Å². The maximum Gasteiger partial charge on any atom is 0.259 e. The lowest BCUT2D eigenvalue weighted by Crippen LogP contribution is -2.31. The molecule has 1 unspecified atom stereocenters. The SMILES string of the molecule is Fc1ccc2c(c1)CC(C(F)F)N2SI. The van der Waals surface area contributed by atoms with E-state index in [9.17, 15) is 13.2 Å². The van der Waals surface area contributed by atoms with Crippen LogP contribution < -0.4 is 4.31 Å². The van der Waals surface area contributed by atoms with Gasteiger partial charge >= 0.3 is 0 Å². The molecule has 1 heterocycles. The van der Waals surface area contributed by atoms with Gasteiger partial charge in [-0.1, -0.05) is 0 Å². The van der Waals surface area contributed by atoms with Gasteiger partial charge in [-0.25, -0.2) is 13.2 Å². The normalized spacial score (nSPS) is 19.8. The summed E-state index contributed by atoms with van der Waals surface area (Å²) in [5.74, 6) is -0.373. The summed E-state index contributed by atoms with van der Waals surface area (Å²) >= 11 is 1.96. The number of fused-ring (bicyclic) bond motifs is 1. The molecule has 1 aromatic carbocycles. The number of alkyl halides is 2. The van der Waals surface area contributed by atoms with E-state index in [4.69, 9.17) is 0 Å². The van der Waals surface area contributed by atoms with Gasteiger partial charge in [0.1, 0.15) is 11.9 Å². The molecular formula is C9H7F3INS. The van der Waals surface area contributed by atoms with E-state index in [2.05, 4.69) is 0 Å². The molecule has 0 bridgehead atoms. The zero-order chi connectivity index (χ0) is 11.0. The molecule has 0 spiro atoms. The lowest BCUT2D eigenvalue weighted by atomic mass is 10.1. The number of anilines is 1. The van der Waals surface area contributed by atoms with Crippen LogP contribution in [0.15, 0.2) is 18.2 Å². The first kappa shape index (κ1) is 11.4. The molecule has 0 saturated carbocycles. The minimum atomic E-state index is -2.41. The number of hydrogen-bond donors (Lipinski definition) is 0. The standard InChI is InChI=1S/C9H7F3INS/c10-6-1-2-7-5(3-6)4-8(9(11)12)14(7)15-13/h1-3,8-9H,4H2. The second kappa shape index (κ2) is 4.40. The van der Waals surface area contributed by atoms with Crippen molar-refractivity contribution in [3.05, 3.63) is 29.6 Å². The molecule has 0 N–H and O–H groups in total. The number of benzene rings is 1. The molecule has 0 amide bonds. The summed E-state index contributed by atoms with van der Waals surface area (Å²) in [4.78, 5) is 0. The Labute approximate surface area is 102 Å². The van der Waals surface area contributed by atoms with Crippen LogP contribution in [-0.2, 0) is 6.42 Å². The molecule has 0 radical (unpaired) electrons. The van der Waals surface area contributed by atoms with E-state index in [1.807, 2.05) is 21.2 Å². The molecule has 1 aliphatic heterocycles. The fourth-order valence-electron chi connectivity index (χ4n) is 1.70. The molecule has 6 heteroatoms. The van der Waals surface area contributed by atoms with E-state index in [0.29, 0.717) is 11.3 Å². The van der Waals surface area contributed by atoms with Crippen LogP contribution in [0.25, 0.3) is 0 Å². The summed E-state index contributed by atoms with van der Waals surface area (Å²) < 4.78 is 39.8. The number of halogens is 4. The summed E-state index contributed by atoms with van der Waals surface area (Å²) in [6.07, 6.45) is -2.21. The van der Waals surface area contributed by atoms with E-state index in [1.54, 1.807) is 10.4 Å². The number of nitrogens with zero attached hydrogens (tertiary/aromatic N) is 1. The maximum atomic E-state index is 12.9. The second-order valence-electron chi connectivity index (χ2n) is 3.27. The molecule has 0 fully saturated rings. The summed E-state index contributed by atoms with van der Waals surface area (Å²) in [5, 5.41) is 0. The van der Waals surface area contributed by atoms with Crippen molar-refractivity contribution in [2.45, 2.75) is 18.9 Å². The van der Waals surface area contributed by atoms with Crippen LogP contribution in [0.3, 0.4) is 0 Å². The molecule has 0 saturated heterocycles. The Balaban J connectivity index is 2.37. The predicted octanol–water partition coefficient (Wildman–Crippen LogP) is 3.82. The van der Waals surface area contributed by atoms with Crippen molar-refractivity contribution < 1.29 is 13.2 Å². The zero-order valence-electron chi connectivity index (χ0n) is 7.46. The molecule has 82 valence electrons. The third-order valence-corrected chi connectivity index (χ3v) is 4.26. The van der Waals surface area contributed by atoms with Crippen molar-refractivity contribution in [2.75, 3.05) is 4.31 Å². The highest BCUT2D eigenvalue weighted by atomic mass is 127. The topological polar surface area (TPSA) is 3.24 Å². The van der Waals surface area contributed by atoms with E-state index >= 15 is 0 Å². The lowest BCUT2D eigenvalue weighted by Gasteiger charge is -2.22. The van der Waals surface area contributed by atoms with E-state index < -0.39 is 12.5 Å². The summed E-state index contributed by atoms with van der Waals surface area (Å²) in [5.41, 5.74) is 1.35. The number of rotatable bonds is 2. The van der Waals surface area contributed by atoms with Crippen LogP contribution in [0.2, 0.25) is 0 Å². The van der Waals surface area contributed by atoms with Crippen molar-refractivity contribution in [3.63, 3.8) is 0 Å². The van der Waals surface area contributed by atoms with Crippen molar-refractivity contribution in [2.24, 2.45) is 0 Å². The summed E-state index contributed by atoms with van der Waals surface area (Å²) in [6, 6.07) is 3.34. The first-order chi connectivity index (χ1) is 7.13. The van der Waals surface area contributed by atoms with Crippen LogP contribution in [0.5, 0.6) is 0 Å². The smallest absolute Gasteiger partial charge is 0.259 e. The molecule has 1 nitrogen and oxygen atoms in total. The van der Waals surface area contributed by atoms with Gasteiger partial charge in [0, 0.05) is 36.7 Å². The fraction of sp³-hybridized carbons (Fsp3) is 0.333. The van der Waals surface area contributed by atoms with Crippen LogP contribution in [-0.4, -0.2) is 12.5 Å². The van der Waals surface area contributed by atoms with E-state index in [1.165, 1.54) is 21.3 Å². The first-order valence-electron chi connectivity index (χ1n) is 4.28. The maximum absolute atomic E-state index is 12.9. The van der Waals surface area contributed by atoms with Crippen molar-refractivity contribution in [1.29, 1.82) is 0 Å². The largest absolute Gasteiger partial charge is 0.298 e. The van der Waals surface area contributed by atoms with Gasteiger partial charge < -0.3 is 0 Å². The Morgan fingerprint density at radius 3 is 2.80 bits per heavy atom. The van der Waals surface area contributed by atoms with Gasteiger partial charge in [0.05, 0.1) is 5.69 Å². The Morgan fingerprint density at radius 1 is 1.47 bits per heavy atom. The monoisotopic (exact) mass is 345 g/mol. The minimum absolute atomic E-state index is 0.209. The van der Waals surface area contributed by atoms with Crippen molar-refractivity contribution in [3.8, 4) is 0 Å². The fourth-order valence-corrected chi connectivity index (χ4v) is 3.73. The van der Waals surface area contributed by atoms with Gasteiger partial charge in [0.2, 0.25) is 0 Å². The quantitative estimate of drug-likeness (QED) is 0.592. The molecule has 1 aromatic rings. The minimum Gasteiger partial charge on any atom is -0.298 e. The van der Waals surface area contributed by atoms with Gasteiger partial charge in [-0.05, 0) is 23.8 Å². The molecule has 1 atom stereocenters. The Hall–Kier alpha value is -0.110. The number of hydrogen-bond acceptors (Lipinski definition) is 2. The molecule has 0 aromatic heterocycles. The average Bonchev–Trinajstić information content (AvgIpc) is 2.55. The Morgan fingerprint density at radius 2 is 2.20 bits per heavy atom. The highest BCUT2D eigenvalue weighted by molar-refractivity contribution is 14.2. The molecule has 1 aliphatic rings. The van der Waals surface area contributed by atoms with Gasteiger partial charge in [-0.15, -0.1) is 0 Å². The average molecular weight is 345 g/mol. The lowest BCUT2D eigenvalue weighted by molar-refractivity contribution is 0.122. The van der Waals surface area contributed by atoms with Crippen LogP contribution >= 0.6 is 30.3 Å². The highest BCUT2D eigenvalue weighted by Crippen LogP contribution is 2.41. The van der Waals surface area contributed by atoms with E-state index in [0.717, 1.165) is 0 Å². The van der Waals surface area contributed by atoms with Crippen molar-refractivity contribution >= 4 is 36.0 Å². The predicted molar refractivity (Wildman–Crippen MR) is 64.0 cm³/mol. The van der Waals surface area contributed by atoms with Gasteiger partial charge in [-0.3, -0.25) is 4.31 Å². The zero-order valence-corrected chi connectivity index (χ0v) is 10.4. The Bertz CT molecular complexity index is 374. The molecular weight excluding hydrogens is 338 g/mol. The third kappa shape index (κ3) is 2.06.